The molecule has 1 aromatic heterocycles. The lowest BCUT2D eigenvalue weighted by atomic mass is 10.1. The first kappa shape index (κ1) is 14.0. The molecule has 102 valence electrons. The standard InChI is InChI=1S/C16H16N2O2/c19-11-9-13-3-6-15(7-4-13)18-16(20)8-5-14-2-1-10-17-12-14/h1-8,10,12,19H,9,11H2,(H,18,20)/b8-5+. The van der Waals surface area contributed by atoms with E-state index in [9.17, 15) is 4.79 Å². The number of hydrogen-bond acceptors (Lipinski definition) is 3. The van der Waals surface area contributed by atoms with Crippen LogP contribution in [0.15, 0.2) is 54.9 Å². The van der Waals surface area contributed by atoms with E-state index >= 15 is 0 Å². The van der Waals surface area contributed by atoms with Crippen LogP contribution in [-0.2, 0) is 11.2 Å². The van der Waals surface area contributed by atoms with Crippen LogP contribution in [0.3, 0.4) is 0 Å². The quantitative estimate of drug-likeness (QED) is 0.818. The van der Waals surface area contributed by atoms with Gasteiger partial charge in [0.15, 0.2) is 0 Å². The molecule has 0 bridgehead atoms. The van der Waals surface area contributed by atoms with E-state index in [-0.39, 0.29) is 12.5 Å². The van der Waals surface area contributed by atoms with Gasteiger partial charge in [0.05, 0.1) is 0 Å². The average Bonchev–Trinajstić information content (AvgIpc) is 2.49. The minimum absolute atomic E-state index is 0.125. The van der Waals surface area contributed by atoms with Crippen LogP contribution in [-0.4, -0.2) is 22.6 Å². The van der Waals surface area contributed by atoms with Gasteiger partial charge in [-0.05, 0) is 41.8 Å². The lowest BCUT2D eigenvalue weighted by molar-refractivity contribution is -0.111. The predicted octanol–water partition coefficient (Wildman–Crippen LogP) is 2.27. The molecule has 0 fully saturated rings. The van der Waals surface area contributed by atoms with Gasteiger partial charge < -0.3 is 10.4 Å². The van der Waals surface area contributed by atoms with E-state index in [1.54, 1.807) is 18.5 Å². The zero-order chi connectivity index (χ0) is 14.2. The van der Waals surface area contributed by atoms with Gasteiger partial charge in [0.25, 0.3) is 0 Å². The van der Waals surface area contributed by atoms with Crippen molar-refractivity contribution in [2.75, 3.05) is 11.9 Å². The van der Waals surface area contributed by atoms with Crippen molar-refractivity contribution in [1.82, 2.24) is 4.98 Å². The van der Waals surface area contributed by atoms with Gasteiger partial charge in [0.2, 0.25) is 5.91 Å². The van der Waals surface area contributed by atoms with Crippen molar-refractivity contribution in [3.05, 3.63) is 66.0 Å². The summed E-state index contributed by atoms with van der Waals surface area (Å²) in [5.41, 5.74) is 2.64. The predicted molar refractivity (Wildman–Crippen MR) is 79.1 cm³/mol. The summed E-state index contributed by atoms with van der Waals surface area (Å²) in [6, 6.07) is 11.1. The van der Waals surface area contributed by atoms with Crippen LogP contribution < -0.4 is 5.32 Å². The van der Waals surface area contributed by atoms with Gasteiger partial charge in [0.1, 0.15) is 0 Å². The number of nitrogens with one attached hydrogen (secondary N) is 1. The van der Waals surface area contributed by atoms with Crippen molar-refractivity contribution in [1.29, 1.82) is 0 Å². The fraction of sp³-hybridized carbons (Fsp3) is 0.125. The summed E-state index contributed by atoms with van der Waals surface area (Å²) >= 11 is 0. The van der Waals surface area contributed by atoms with E-state index < -0.39 is 0 Å². The molecule has 4 nitrogen and oxygen atoms in total. The topological polar surface area (TPSA) is 62.2 Å². The van der Waals surface area contributed by atoms with E-state index in [1.807, 2.05) is 36.4 Å². The normalized spacial score (nSPS) is 10.7. The molecular weight excluding hydrogens is 252 g/mol. The van der Waals surface area contributed by atoms with Crippen molar-refractivity contribution in [2.45, 2.75) is 6.42 Å². The number of rotatable bonds is 5. The van der Waals surface area contributed by atoms with Gasteiger partial charge >= 0.3 is 0 Å². The number of aliphatic hydroxyl groups is 1. The first-order valence-electron chi connectivity index (χ1n) is 6.37. The van der Waals surface area contributed by atoms with Gasteiger partial charge in [-0.2, -0.15) is 0 Å². The molecule has 0 radical (unpaired) electrons. The number of hydrogen-bond donors (Lipinski definition) is 2. The van der Waals surface area contributed by atoms with Crippen molar-refractivity contribution < 1.29 is 9.90 Å². The number of nitrogens with zero attached hydrogens (tertiary/aromatic N) is 1. The highest BCUT2D eigenvalue weighted by Gasteiger charge is 1.98. The summed E-state index contributed by atoms with van der Waals surface area (Å²) < 4.78 is 0. The Kier molecular flexibility index (Phi) is 5.03. The van der Waals surface area contributed by atoms with E-state index in [4.69, 9.17) is 5.11 Å². The van der Waals surface area contributed by atoms with Crippen LogP contribution in [0.5, 0.6) is 0 Å². The monoisotopic (exact) mass is 268 g/mol. The second-order valence-electron chi connectivity index (χ2n) is 4.28. The molecule has 0 aliphatic rings. The fourth-order valence-electron chi connectivity index (χ4n) is 1.71. The number of benzene rings is 1. The number of carbonyl (C=O) groups is 1. The molecule has 0 saturated carbocycles. The van der Waals surface area contributed by atoms with Crippen molar-refractivity contribution in [3.63, 3.8) is 0 Å². The SMILES string of the molecule is O=C(/C=C/c1cccnc1)Nc1ccc(CCO)cc1. The van der Waals surface area contributed by atoms with E-state index in [0.29, 0.717) is 6.42 Å². The van der Waals surface area contributed by atoms with Gasteiger partial charge in [-0.3, -0.25) is 9.78 Å². The van der Waals surface area contributed by atoms with E-state index in [0.717, 1.165) is 16.8 Å². The molecule has 1 aromatic carbocycles. The Morgan fingerprint density at radius 3 is 2.70 bits per heavy atom. The summed E-state index contributed by atoms with van der Waals surface area (Å²) in [6.07, 6.45) is 7.18. The summed E-state index contributed by atoms with van der Waals surface area (Å²) in [5, 5.41) is 11.6. The first-order chi connectivity index (χ1) is 9.78. The Balaban J connectivity index is 1.92. The van der Waals surface area contributed by atoms with Crippen molar-refractivity contribution in [3.8, 4) is 0 Å². The van der Waals surface area contributed by atoms with E-state index in [1.165, 1.54) is 6.08 Å². The molecule has 1 heterocycles. The summed E-state index contributed by atoms with van der Waals surface area (Å²) in [4.78, 5) is 15.7. The maximum absolute atomic E-state index is 11.7. The second kappa shape index (κ2) is 7.21. The number of carbonyl (C=O) groups excluding carboxylic acids is 1. The second-order valence-corrected chi connectivity index (χ2v) is 4.28. The number of aliphatic hydroxyl groups excluding tert-OH is 1. The molecule has 20 heavy (non-hydrogen) atoms. The van der Waals surface area contributed by atoms with Crippen LogP contribution in [0, 0.1) is 0 Å². The summed E-state index contributed by atoms with van der Waals surface area (Å²) in [6.45, 7) is 0.125. The van der Waals surface area contributed by atoms with Gasteiger partial charge in [-0.25, -0.2) is 0 Å². The molecule has 2 aromatic rings. The first-order valence-corrected chi connectivity index (χ1v) is 6.37. The van der Waals surface area contributed by atoms with E-state index in [2.05, 4.69) is 10.3 Å². The number of anilines is 1. The smallest absolute Gasteiger partial charge is 0.248 e. The van der Waals surface area contributed by atoms with Crippen LogP contribution in [0.25, 0.3) is 6.08 Å². The maximum atomic E-state index is 11.7. The fourth-order valence-corrected chi connectivity index (χ4v) is 1.71. The van der Waals surface area contributed by atoms with Crippen LogP contribution >= 0.6 is 0 Å². The Labute approximate surface area is 117 Å². The molecule has 2 N–H and O–H groups in total. The van der Waals surface area contributed by atoms with Gasteiger partial charge in [-0.15, -0.1) is 0 Å². The molecular formula is C16H16N2O2. The minimum atomic E-state index is -0.191. The third-order valence-corrected chi connectivity index (χ3v) is 2.73. The van der Waals surface area contributed by atoms with Crippen LogP contribution in [0.4, 0.5) is 5.69 Å². The number of aromatic nitrogens is 1. The molecule has 0 unspecified atom stereocenters. The Bertz CT molecular complexity index is 577. The Morgan fingerprint density at radius 1 is 1.25 bits per heavy atom. The molecule has 0 aliphatic heterocycles. The summed E-state index contributed by atoms with van der Waals surface area (Å²) in [5.74, 6) is -0.191. The molecule has 0 atom stereocenters. The number of amides is 1. The van der Waals surface area contributed by atoms with Gasteiger partial charge in [-0.1, -0.05) is 18.2 Å². The van der Waals surface area contributed by atoms with Crippen molar-refractivity contribution >= 4 is 17.7 Å². The lowest BCUT2D eigenvalue weighted by Gasteiger charge is -2.03. The maximum Gasteiger partial charge on any atom is 0.248 e. The minimum Gasteiger partial charge on any atom is -0.396 e. The van der Waals surface area contributed by atoms with Crippen LogP contribution in [0.1, 0.15) is 11.1 Å². The Hall–Kier alpha value is -2.46. The van der Waals surface area contributed by atoms with Gasteiger partial charge in [0, 0.05) is 30.8 Å². The molecule has 2 rings (SSSR count). The molecule has 0 spiro atoms. The van der Waals surface area contributed by atoms with Crippen molar-refractivity contribution in [2.24, 2.45) is 0 Å². The highest BCUT2D eigenvalue weighted by Crippen LogP contribution is 2.10. The molecule has 4 heteroatoms. The third-order valence-electron chi connectivity index (χ3n) is 2.73. The molecule has 0 aliphatic carbocycles. The zero-order valence-electron chi connectivity index (χ0n) is 11.0. The zero-order valence-corrected chi connectivity index (χ0v) is 11.0. The number of pyridine rings is 1. The third kappa shape index (κ3) is 4.33. The molecule has 0 saturated heterocycles. The Morgan fingerprint density at radius 2 is 2.05 bits per heavy atom. The highest BCUT2D eigenvalue weighted by atomic mass is 16.2. The summed E-state index contributed by atoms with van der Waals surface area (Å²) in [7, 11) is 0. The molecule has 1 amide bonds. The highest BCUT2D eigenvalue weighted by molar-refractivity contribution is 6.01. The van der Waals surface area contributed by atoms with Crippen LogP contribution in [0.2, 0.25) is 0 Å². The lowest BCUT2D eigenvalue weighted by Crippen LogP contribution is -2.07. The average molecular weight is 268 g/mol. The largest absolute Gasteiger partial charge is 0.396 e.